The maximum absolute atomic E-state index is 13.4. The first kappa shape index (κ1) is 18.8. The van der Waals surface area contributed by atoms with Gasteiger partial charge in [-0.3, -0.25) is 4.79 Å². The molecule has 1 amide bonds. The van der Waals surface area contributed by atoms with E-state index in [-0.39, 0.29) is 17.2 Å². The maximum Gasteiger partial charge on any atom is 0.312 e. The highest BCUT2D eigenvalue weighted by molar-refractivity contribution is 6.33. The molecule has 5 heterocycles. The molecular formula is C20H20ClN7O2. The van der Waals surface area contributed by atoms with Crippen LogP contribution in [0.5, 0.6) is 0 Å². The van der Waals surface area contributed by atoms with Gasteiger partial charge < -0.3 is 14.3 Å². The topological polar surface area (TPSA) is 105 Å². The van der Waals surface area contributed by atoms with E-state index in [0.29, 0.717) is 29.6 Å². The molecule has 9 nitrogen and oxygen atoms in total. The number of fused-ring (bicyclic) bond motifs is 2. The molecule has 30 heavy (non-hydrogen) atoms. The van der Waals surface area contributed by atoms with E-state index in [1.165, 1.54) is 0 Å². The lowest BCUT2D eigenvalue weighted by Crippen LogP contribution is -2.41. The number of carbonyl (C=O) groups excluding carboxylic acids is 1. The highest BCUT2D eigenvalue weighted by atomic mass is 35.5. The number of pyridine rings is 1. The van der Waals surface area contributed by atoms with Gasteiger partial charge in [-0.25, -0.2) is 9.50 Å². The summed E-state index contributed by atoms with van der Waals surface area (Å²) in [5.74, 6) is 0.0323. The Morgan fingerprint density at radius 1 is 1.33 bits per heavy atom. The lowest BCUT2D eigenvalue weighted by Gasteiger charge is -2.32. The van der Waals surface area contributed by atoms with Crippen LogP contribution in [0.2, 0.25) is 5.02 Å². The molecule has 154 valence electrons. The van der Waals surface area contributed by atoms with Gasteiger partial charge in [0.2, 0.25) is 5.89 Å². The summed E-state index contributed by atoms with van der Waals surface area (Å²) in [7, 11) is 0. The van der Waals surface area contributed by atoms with Crippen molar-refractivity contribution in [3.63, 3.8) is 0 Å². The van der Waals surface area contributed by atoms with E-state index in [0.717, 1.165) is 16.9 Å². The van der Waals surface area contributed by atoms with Crippen molar-refractivity contribution in [3.05, 3.63) is 64.6 Å². The van der Waals surface area contributed by atoms with Gasteiger partial charge in [-0.05, 0) is 18.2 Å². The molecule has 0 unspecified atom stereocenters. The van der Waals surface area contributed by atoms with Gasteiger partial charge in [-0.15, -0.1) is 10.2 Å². The zero-order chi connectivity index (χ0) is 21.0. The summed E-state index contributed by atoms with van der Waals surface area (Å²) in [4.78, 5) is 22.7. The molecule has 0 fully saturated rings. The number of rotatable bonds is 2. The zero-order valence-corrected chi connectivity index (χ0v) is 17.5. The molecule has 0 aromatic carbocycles. The average Bonchev–Trinajstić information content (AvgIpc) is 3.44. The number of H-pyrrole nitrogens is 1. The molecule has 5 rings (SSSR count). The molecular weight excluding hydrogens is 406 g/mol. The fourth-order valence-corrected chi connectivity index (χ4v) is 3.88. The summed E-state index contributed by atoms with van der Waals surface area (Å²) in [6.07, 6.45) is 4.10. The summed E-state index contributed by atoms with van der Waals surface area (Å²) >= 11 is 6.33. The number of nitrogens with one attached hydrogen (secondary N) is 1. The first-order chi connectivity index (χ1) is 14.3. The normalized spacial score (nSPS) is 16.8. The standard InChI is InChI=1S/C20H20ClN7O2/c1-20(2,3)19-25-24-17(30-19)18(29)27-8-6-12-15(23-10-22-12)16(27)13-9-14-11(21)5-4-7-28(14)26-13/h4-5,7,9-10,16H,6,8H2,1-3H3,(H,22,23)/t16-/m1/s1. The number of aromatic nitrogens is 6. The number of carbonyl (C=O) groups is 1. The molecule has 1 aliphatic rings. The molecule has 4 aromatic heterocycles. The summed E-state index contributed by atoms with van der Waals surface area (Å²) < 4.78 is 7.41. The third kappa shape index (κ3) is 2.97. The predicted molar refractivity (Wildman–Crippen MR) is 108 cm³/mol. The fourth-order valence-electron chi connectivity index (χ4n) is 3.66. The van der Waals surface area contributed by atoms with Gasteiger partial charge in [-0.2, -0.15) is 5.10 Å². The number of halogens is 1. The largest absolute Gasteiger partial charge is 0.416 e. The summed E-state index contributed by atoms with van der Waals surface area (Å²) in [5.41, 5.74) is 2.82. The Morgan fingerprint density at radius 2 is 2.17 bits per heavy atom. The van der Waals surface area contributed by atoms with Crippen LogP contribution >= 0.6 is 11.6 Å². The van der Waals surface area contributed by atoms with Crippen molar-refractivity contribution in [2.24, 2.45) is 0 Å². The molecule has 0 saturated carbocycles. The van der Waals surface area contributed by atoms with E-state index in [4.69, 9.17) is 16.0 Å². The van der Waals surface area contributed by atoms with E-state index in [1.54, 1.807) is 21.8 Å². The third-order valence-electron chi connectivity index (χ3n) is 5.18. The smallest absolute Gasteiger partial charge is 0.312 e. The van der Waals surface area contributed by atoms with E-state index in [1.807, 2.05) is 39.1 Å². The van der Waals surface area contributed by atoms with Crippen LogP contribution in [0.25, 0.3) is 5.52 Å². The van der Waals surface area contributed by atoms with E-state index < -0.39 is 6.04 Å². The van der Waals surface area contributed by atoms with Crippen LogP contribution in [0, 0.1) is 0 Å². The van der Waals surface area contributed by atoms with Gasteiger partial charge in [0, 0.05) is 30.3 Å². The van der Waals surface area contributed by atoms with Gasteiger partial charge in [0.25, 0.3) is 0 Å². The minimum absolute atomic E-state index is 0.0364. The van der Waals surface area contributed by atoms with Crippen LogP contribution in [0.15, 0.2) is 35.1 Å². The second-order valence-corrected chi connectivity index (χ2v) is 8.74. The molecule has 1 aliphatic heterocycles. The molecule has 0 spiro atoms. The predicted octanol–water partition coefficient (Wildman–Crippen LogP) is 3.18. The lowest BCUT2D eigenvalue weighted by atomic mass is 9.97. The summed E-state index contributed by atoms with van der Waals surface area (Å²) in [5, 5.41) is 13.3. The van der Waals surface area contributed by atoms with Crippen LogP contribution in [0.3, 0.4) is 0 Å². The molecule has 1 atom stereocenters. The van der Waals surface area contributed by atoms with E-state index in [2.05, 4.69) is 25.3 Å². The number of aromatic amines is 1. The lowest BCUT2D eigenvalue weighted by molar-refractivity contribution is 0.0642. The summed E-state index contributed by atoms with van der Waals surface area (Å²) in [6.45, 7) is 6.33. The Labute approximate surface area is 177 Å². The Kier molecular flexibility index (Phi) is 4.18. The van der Waals surface area contributed by atoms with Crippen LogP contribution in [0.1, 0.15) is 60.5 Å². The second kappa shape index (κ2) is 6.66. The molecule has 0 radical (unpaired) electrons. The number of hydrogen-bond acceptors (Lipinski definition) is 6. The van der Waals surface area contributed by atoms with Crippen LogP contribution in [0.4, 0.5) is 0 Å². The van der Waals surface area contributed by atoms with Crippen molar-refractivity contribution in [1.82, 2.24) is 34.7 Å². The Bertz CT molecular complexity index is 1250. The SMILES string of the molecule is CC(C)(C)c1nnc(C(=O)N2CCc3[nH]cnc3[C@H]2c2cc3c(Cl)cccn3n2)o1. The molecule has 4 aromatic rings. The maximum atomic E-state index is 13.4. The fraction of sp³-hybridized carbons (Fsp3) is 0.350. The van der Waals surface area contributed by atoms with Gasteiger partial charge in [0.1, 0.15) is 6.04 Å². The first-order valence-corrected chi connectivity index (χ1v) is 10.0. The Hall–Kier alpha value is -3.20. The highest BCUT2D eigenvalue weighted by Crippen LogP contribution is 2.35. The number of imidazole rings is 1. The van der Waals surface area contributed by atoms with Crippen LogP contribution in [-0.4, -0.2) is 47.1 Å². The number of hydrogen-bond donors (Lipinski definition) is 1. The van der Waals surface area contributed by atoms with Crippen LogP contribution < -0.4 is 0 Å². The minimum atomic E-state index is -0.492. The van der Waals surface area contributed by atoms with Crippen molar-refractivity contribution in [2.45, 2.75) is 38.6 Å². The highest BCUT2D eigenvalue weighted by Gasteiger charge is 2.38. The van der Waals surface area contributed by atoms with Crippen molar-refractivity contribution in [1.29, 1.82) is 0 Å². The van der Waals surface area contributed by atoms with Crippen molar-refractivity contribution in [3.8, 4) is 0 Å². The molecule has 10 heteroatoms. The Balaban J connectivity index is 1.59. The molecule has 0 aliphatic carbocycles. The first-order valence-electron chi connectivity index (χ1n) is 9.64. The second-order valence-electron chi connectivity index (χ2n) is 8.33. The molecule has 0 saturated heterocycles. The van der Waals surface area contributed by atoms with Crippen molar-refractivity contribution >= 4 is 23.0 Å². The van der Waals surface area contributed by atoms with Crippen molar-refractivity contribution < 1.29 is 9.21 Å². The monoisotopic (exact) mass is 425 g/mol. The van der Waals surface area contributed by atoms with E-state index >= 15 is 0 Å². The quantitative estimate of drug-likeness (QED) is 0.528. The van der Waals surface area contributed by atoms with Crippen molar-refractivity contribution in [2.75, 3.05) is 6.54 Å². The Morgan fingerprint density at radius 3 is 2.90 bits per heavy atom. The number of amides is 1. The van der Waals surface area contributed by atoms with Gasteiger partial charge in [0.15, 0.2) is 0 Å². The summed E-state index contributed by atoms with van der Waals surface area (Å²) in [6, 6.07) is 5.01. The van der Waals surface area contributed by atoms with Gasteiger partial charge >= 0.3 is 11.8 Å². The number of nitrogens with zero attached hydrogens (tertiary/aromatic N) is 6. The minimum Gasteiger partial charge on any atom is -0.416 e. The van der Waals surface area contributed by atoms with E-state index in [9.17, 15) is 4.79 Å². The van der Waals surface area contributed by atoms with Gasteiger partial charge in [0.05, 0.1) is 28.3 Å². The average molecular weight is 426 g/mol. The van der Waals surface area contributed by atoms with Crippen LogP contribution in [-0.2, 0) is 11.8 Å². The van der Waals surface area contributed by atoms with Gasteiger partial charge in [-0.1, -0.05) is 32.4 Å². The third-order valence-corrected chi connectivity index (χ3v) is 5.50. The molecule has 0 bridgehead atoms. The zero-order valence-electron chi connectivity index (χ0n) is 16.8. The molecule has 1 N–H and O–H groups in total.